The highest BCUT2D eigenvalue weighted by atomic mass is 35.5. The maximum absolute atomic E-state index is 10.3. The van der Waals surface area contributed by atoms with Gasteiger partial charge in [-0.1, -0.05) is 23.4 Å². The summed E-state index contributed by atoms with van der Waals surface area (Å²) in [5.41, 5.74) is 0. The summed E-state index contributed by atoms with van der Waals surface area (Å²) in [4.78, 5) is 10.3. The van der Waals surface area contributed by atoms with Gasteiger partial charge >= 0.3 is 0 Å². The van der Waals surface area contributed by atoms with Crippen LogP contribution in [-0.4, -0.2) is 10.9 Å². The molecule has 0 aromatic rings. The topological polar surface area (TPSA) is 17.1 Å². The molecule has 0 amide bonds. The molecule has 1 aliphatic heterocycles. The highest BCUT2D eigenvalue weighted by Gasteiger charge is 2.08. The number of halogens is 1. The molecule has 0 atom stereocenters. The van der Waals surface area contributed by atoms with Crippen LogP contribution >= 0.6 is 23.4 Å². The molecule has 0 aliphatic carbocycles. The first kappa shape index (κ1) is 5.19. The van der Waals surface area contributed by atoms with Crippen LogP contribution in [0.15, 0.2) is 11.1 Å². The average molecular weight is 135 g/mol. The predicted octanol–water partition coefficient (Wildman–Crippen LogP) is 1.38. The van der Waals surface area contributed by atoms with E-state index in [1.807, 2.05) is 0 Å². The van der Waals surface area contributed by atoms with Gasteiger partial charge in [-0.15, -0.1) is 0 Å². The van der Waals surface area contributed by atoms with Crippen LogP contribution in [0.1, 0.15) is 0 Å². The molecular formula is C4H3ClOS. The van der Waals surface area contributed by atoms with Crippen molar-refractivity contribution in [3.63, 3.8) is 0 Å². The first-order chi connectivity index (χ1) is 3.29. The molecule has 1 nitrogen and oxygen atoms in total. The van der Waals surface area contributed by atoms with E-state index in [1.165, 1.54) is 17.8 Å². The minimum atomic E-state index is 0.0741. The third-order valence-electron chi connectivity index (χ3n) is 0.627. The summed E-state index contributed by atoms with van der Waals surface area (Å²) in [6.45, 7) is 0. The van der Waals surface area contributed by atoms with Crippen molar-refractivity contribution in [3.05, 3.63) is 11.1 Å². The van der Waals surface area contributed by atoms with E-state index in [2.05, 4.69) is 0 Å². The second-order valence-corrected chi connectivity index (χ2v) is 2.66. The Kier molecular flexibility index (Phi) is 1.40. The Balaban J connectivity index is 2.67. The highest BCUT2D eigenvalue weighted by molar-refractivity contribution is 8.14. The van der Waals surface area contributed by atoms with Crippen molar-refractivity contribution in [2.45, 2.75) is 0 Å². The summed E-state index contributed by atoms with van der Waals surface area (Å²) in [6.07, 6.45) is 1.45. The van der Waals surface area contributed by atoms with Gasteiger partial charge in [0.1, 0.15) is 0 Å². The molecule has 7 heavy (non-hydrogen) atoms. The fraction of sp³-hybridized carbons (Fsp3) is 0.250. The van der Waals surface area contributed by atoms with E-state index < -0.39 is 0 Å². The van der Waals surface area contributed by atoms with Gasteiger partial charge < -0.3 is 0 Å². The number of rotatable bonds is 0. The maximum atomic E-state index is 10.3. The van der Waals surface area contributed by atoms with Crippen LogP contribution in [0.5, 0.6) is 0 Å². The normalized spacial score (nSPS) is 20.1. The number of carbonyl (C=O) groups is 1. The van der Waals surface area contributed by atoms with Gasteiger partial charge in [0.2, 0.25) is 5.12 Å². The molecule has 0 aromatic heterocycles. The lowest BCUT2D eigenvalue weighted by Crippen LogP contribution is -1.72. The lowest BCUT2D eigenvalue weighted by molar-refractivity contribution is -0.106. The Labute approximate surface area is 50.7 Å². The SMILES string of the molecule is O=C1C=C(Cl)CS1. The molecule has 3 heteroatoms. The van der Waals surface area contributed by atoms with Gasteiger partial charge in [-0.3, -0.25) is 4.79 Å². The quantitative estimate of drug-likeness (QED) is 0.498. The van der Waals surface area contributed by atoms with Crippen molar-refractivity contribution in [2.75, 3.05) is 5.75 Å². The molecule has 0 aromatic carbocycles. The standard InChI is InChI=1S/C4H3ClOS/c5-3-1-4(6)7-2-3/h1H,2H2. The first-order valence-electron chi connectivity index (χ1n) is 1.82. The van der Waals surface area contributed by atoms with Crippen LogP contribution in [0.25, 0.3) is 0 Å². The molecule has 1 heterocycles. The van der Waals surface area contributed by atoms with Crippen molar-refractivity contribution in [1.29, 1.82) is 0 Å². The summed E-state index contributed by atoms with van der Waals surface area (Å²) in [7, 11) is 0. The third-order valence-corrected chi connectivity index (χ3v) is 1.89. The smallest absolute Gasteiger partial charge is 0.213 e. The van der Waals surface area contributed by atoms with E-state index in [4.69, 9.17) is 11.6 Å². The molecule has 38 valence electrons. The number of carbonyl (C=O) groups excluding carboxylic acids is 1. The molecule has 0 N–H and O–H groups in total. The molecule has 0 radical (unpaired) electrons. The van der Waals surface area contributed by atoms with Gasteiger partial charge in [0.05, 0.1) is 0 Å². The van der Waals surface area contributed by atoms with Crippen LogP contribution < -0.4 is 0 Å². The molecule has 1 rings (SSSR count). The van der Waals surface area contributed by atoms with Crippen LogP contribution in [0.2, 0.25) is 0 Å². The lowest BCUT2D eigenvalue weighted by atomic mass is 10.6. The Morgan fingerprint density at radius 2 is 2.57 bits per heavy atom. The van der Waals surface area contributed by atoms with Crippen molar-refractivity contribution in [1.82, 2.24) is 0 Å². The van der Waals surface area contributed by atoms with E-state index in [0.29, 0.717) is 10.8 Å². The molecule has 1 aliphatic rings. The van der Waals surface area contributed by atoms with Crippen molar-refractivity contribution in [3.8, 4) is 0 Å². The van der Waals surface area contributed by atoms with E-state index in [1.54, 1.807) is 0 Å². The maximum Gasteiger partial charge on any atom is 0.213 e. The zero-order valence-electron chi connectivity index (χ0n) is 3.48. The minimum absolute atomic E-state index is 0.0741. The molecule has 0 spiro atoms. The van der Waals surface area contributed by atoms with Gasteiger partial charge in [-0.2, -0.15) is 0 Å². The van der Waals surface area contributed by atoms with Crippen LogP contribution in [-0.2, 0) is 4.79 Å². The number of thioether (sulfide) groups is 1. The molecular weight excluding hydrogens is 132 g/mol. The summed E-state index contributed by atoms with van der Waals surface area (Å²) in [5, 5.41) is 0.736. The minimum Gasteiger partial charge on any atom is -0.282 e. The van der Waals surface area contributed by atoms with E-state index in [0.717, 1.165) is 0 Å². The van der Waals surface area contributed by atoms with Crippen LogP contribution in [0.3, 0.4) is 0 Å². The first-order valence-corrected chi connectivity index (χ1v) is 3.18. The predicted molar refractivity (Wildman–Crippen MR) is 31.4 cm³/mol. The zero-order chi connectivity index (χ0) is 5.28. The van der Waals surface area contributed by atoms with Crippen LogP contribution in [0.4, 0.5) is 0 Å². The highest BCUT2D eigenvalue weighted by Crippen LogP contribution is 2.20. The summed E-state index contributed by atoms with van der Waals surface area (Å²) in [5.74, 6) is 0.667. The van der Waals surface area contributed by atoms with Gasteiger partial charge in [-0.05, 0) is 0 Å². The van der Waals surface area contributed by atoms with E-state index in [-0.39, 0.29) is 5.12 Å². The van der Waals surface area contributed by atoms with Crippen molar-refractivity contribution < 1.29 is 4.79 Å². The van der Waals surface area contributed by atoms with Gasteiger partial charge in [0.25, 0.3) is 0 Å². The van der Waals surface area contributed by atoms with Crippen molar-refractivity contribution in [2.24, 2.45) is 0 Å². The van der Waals surface area contributed by atoms with E-state index in [9.17, 15) is 4.79 Å². The Bertz CT molecular complexity index is 130. The summed E-state index contributed by atoms with van der Waals surface area (Å²) < 4.78 is 0. The molecule has 0 fully saturated rings. The zero-order valence-corrected chi connectivity index (χ0v) is 5.05. The van der Waals surface area contributed by atoms with Gasteiger partial charge in [0, 0.05) is 16.9 Å². The Hall–Kier alpha value is 0.0500. The Morgan fingerprint density at radius 3 is 2.71 bits per heavy atom. The number of hydrogen-bond acceptors (Lipinski definition) is 2. The third kappa shape index (κ3) is 1.21. The van der Waals surface area contributed by atoms with E-state index >= 15 is 0 Å². The molecule has 0 unspecified atom stereocenters. The summed E-state index contributed by atoms with van der Waals surface area (Å²) >= 11 is 6.67. The monoisotopic (exact) mass is 134 g/mol. The fourth-order valence-electron chi connectivity index (χ4n) is 0.351. The fourth-order valence-corrected chi connectivity index (χ4v) is 1.27. The van der Waals surface area contributed by atoms with Gasteiger partial charge in [0.15, 0.2) is 0 Å². The lowest BCUT2D eigenvalue weighted by Gasteiger charge is -1.75. The van der Waals surface area contributed by atoms with Crippen molar-refractivity contribution >= 4 is 28.5 Å². The average Bonchev–Trinajstić information content (AvgIpc) is 1.87. The largest absolute Gasteiger partial charge is 0.282 e. The van der Waals surface area contributed by atoms with Gasteiger partial charge in [-0.25, -0.2) is 0 Å². The Morgan fingerprint density at radius 1 is 1.86 bits per heavy atom. The summed E-state index contributed by atoms with van der Waals surface area (Å²) in [6, 6.07) is 0. The molecule has 0 saturated carbocycles. The molecule has 0 saturated heterocycles. The second kappa shape index (κ2) is 1.88. The molecule has 0 bridgehead atoms. The second-order valence-electron chi connectivity index (χ2n) is 1.20. The van der Waals surface area contributed by atoms with Crippen LogP contribution in [0, 0.1) is 0 Å². The number of hydrogen-bond donors (Lipinski definition) is 0.